The van der Waals surface area contributed by atoms with E-state index < -0.39 is 0 Å². The van der Waals surface area contributed by atoms with Crippen molar-refractivity contribution >= 4 is 5.91 Å². The molecule has 14 heavy (non-hydrogen) atoms. The van der Waals surface area contributed by atoms with Gasteiger partial charge in [0.05, 0.1) is 12.0 Å². The monoisotopic (exact) mass is 198 g/mol. The normalized spacial score (nSPS) is 33.1. The van der Waals surface area contributed by atoms with Crippen LogP contribution in [0.5, 0.6) is 0 Å². The largest absolute Gasteiger partial charge is 0.381 e. The zero-order chi connectivity index (χ0) is 10.1. The molecule has 0 aromatic rings. The van der Waals surface area contributed by atoms with Crippen LogP contribution in [-0.4, -0.2) is 43.2 Å². The fraction of sp³-hybridized carbons (Fsp3) is 0.900. The van der Waals surface area contributed by atoms with Crippen molar-refractivity contribution in [3.63, 3.8) is 0 Å². The molecule has 80 valence electrons. The van der Waals surface area contributed by atoms with Crippen LogP contribution in [0, 0.1) is 5.92 Å². The Morgan fingerprint density at radius 3 is 2.43 bits per heavy atom. The number of ether oxygens (including phenoxy) is 1. The molecule has 2 aliphatic rings. The Morgan fingerprint density at radius 1 is 1.43 bits per heavy atom. The number of piperidine rings is 1. The quantitative estimate of drug-likeness (QED) is 0.678. The molecule has 2 N–H and O–H groups in total. The minimum atomic E-state index is 0.120. The van der Waals surface area contributed by atoms with Crippen molar-refractivity contribution in [2.24, 2.45) is 11.7 Å². The minimum absolute atomic E-state index is 0.120. The average molecular weight is 198 g/mol. The van der Waals surface area contributed by atoms with Crippen LogP contribution < -0.4 is 5.73 Å². The highest BCUT2D eigenvalue weighted by Crippen LogP contribution is 2.31. The van der Waals surface area contributed by atoms with E-state index in [0.717, 1.165) is 32.4 Å². The van der Waals surface area contributed by atoms with Gasteiger partial charge < -0.3 is 15.4 Å². The van der Waals surface area contributed by atoms with Gasteiger partial charge in [-0.3, -0.25) is 4.79 Å². The Morgan fingerprint density at radius 2 is 2.00 bits per heavy atom. The Bertz CT molecular complexity index is 224. The first kappa shape index (κ1) is 9.93. The molecule has 2 rings (SSSR count). The standard InChI is InChI=1S/C10H18N2O2/c1-14-7-2-4-12(5-3-7)10(13)8-6-9(8)11/h7-9H,2-6,11H2,1H3. The Kier molecular flexibility index (Phi) is 2.74. The van der Waals surface area contributed by atoms with Gasteiger partial charge in [0.15, 0.2) is 0 Å². The summed E-state index contributed by atoms with van der Waals surface area (Å²) in [5.41, 5.74) is 5.66. The van der Waals surface area contributed by atoms with Crippen molar-refractivity contribution in [3.05, 3.63) is 0 Å². The first-order chi connectivity index (χ1) is 6.72. The molecule has 0 radical (unpaired) electrons. The fourth-order valence-electron chi connectivity index (χ4n) is 2.04. The van der Waals surface area contributed by atoms with Crippen molar-refractivity contribution in [2.75, 3.05) is 20.2 Å². The number of likely N-dealkylation sites (tertiary alicyclic amines) is 1. The Hall–Kier alpha value is -0.610. The van der Waals surface area contributed by atoms with E-state index in [2.05, 4.69) is 0 Å². The molecule has 1 saturated carbocycles. The van der Waals surface area contributed by atoms with Gasteiger partial charge in [-0.25, -0.2) is 0 Å². The summed E-state index contributed by atoms with van der Waals surface area (Å²) in [6.07, 6.45) is 3.14. The number of rotatable bonds is 2. The summed E-state index contributed by atoms with van der Waals surface area (Å²) in [6.45, 7) is 1.67. The average Bonchev–Trinajstić information content (AvgIpc) is 2.95. The van der Waals surface area contributed by atoms with Crippen LogP contribution in [0.1, 0.15) is 19.3 Å². The molecule has 1 amide bonds. The summed E-state index contributed by atoms with van der Waals surface area (Å²) < 4.78 is 5.25. The van der Waals surface area contributed by atoms with Crippen LogP contribution in [-0.2, 0) is 9.53 Å². The van der Waals surface area contributed by atoms with Crippen molar-refractivity contribution in [3.8, 4) is 0 Å². The van der Waals surface area contributed by atoms with Crippen LogP contribution in [0.25, 0.3) is 0 Å². The van der Waals surface area contributed by atoms with Gasteiger partial charge in [-0.2, -0.15) is 0 Å². The molecular weight excluding hydrogens is 180 g/mol. The van der Waals surface area contributed by atoms with E-state index in [1.54, 1.807) is 7.11 Å². The molecular formula is C10H18N2O2. The number of nitrogens with zero attached hydrogens (tertiary/aromatic N) is 1. The smallest absolute Gasteiger partial charge is 0.227 e. The highest BCUT2D eigenvalue weighted by molar-refractivity contribution is 5.82. The van der Waals surface area contributed by atoms with E-state index >= 15 is 0 Å². The van der Waals surface area contributed by atoms with Crippen molar-refractivity contribution in [2.45, 2.75) is 31.4 Å². The number of hydrogen-bond acceptors (Lipinski definition) is 3. The molecule has 0 aromatic heterocycles. The zero-order valence-electron chi connectivity index (χ0n) is 8.61. The van der Waals surface area contributed by atoms with E-state index in [1.807, 2.05) is 4.90 Å². The molecule has 1 heterocycles. The molecule has 1 saturated heterocycles. The van der Waals surface area contributed by atoms with Gasteiger partial charge in [-0.05, 0) is 19.3 Å². The molecule has 1 aliphatic heterocycles. The van der Waals surface area contributed by atoms with Crippen LogP contribution in [0.3, 0.4) is 0 Å². The van der Waals surface area contributed by atoms with Crippen LogP contribution in [0.4, 0.5) is 0 Å². The predicted octanol–water partition coefficient (Wildman–Crippen LogP) is -0.0290. The second-order valence-electron chi connectivity index (χ2n) is 4.27. The summed E-state index contributed by atoms with van der Waals surface area (Å²) in [7, 11) is 1.74. The van der Waals surface area contributed by atoms with Gasteiger partial charge in [-0.15, -0.1) is 0 Å². The maximum absolute atomic E-state index is 11.8. The van der Waals surface area contributed by atoms with Gasteiger partial charge >= 0.3 is 0 Å². The molecule has 2 atom stereocenters. The molecule has 2 unspecified atom stereocenters. The third-order valence-corrected chi connectivity index (χ3v) is 3.24. The lowest BCUT2D eigenvalue weighted by Crippen LogP contribution is -2.42. The lowest BCUT2D eigenvalue weighted by Gasteiger charge is -2.31. The zero-order valence-corrected chi connectivity index (χ0v) is 8.61. The maximum Gasteiger partial charge on any atom is 0.227 e. The lowest BCUT2D eigenvalue weighted by atomic mass is 10.1. The number of nitrogens with two attached hydrogens (primary N) is 1. The van der Waals surface area contributed by atoms with E-state index in [0.29, 0.717) is 6.10 Å². The van der Waals surface area contributed by atoms with Crippen molar-refractivity contribution < 1.29 is 9.53 Å². The van der Waals surface area contributed by atoms with E-state index in [9.17, 15) is 4.79 Å². The predicted molar refractivity (Wildman–Crippen MR) is 52.7 cm³/mol. The molecule has 4 heteroatoms. The first-order valence-electron chi connectivity index (χ1n) is 5.29. The highest BCUT2D eigenvalue weighted by atomic mass is 16.5. The van der Waals surface area contributed by atoms with E-state index in [1.165, 1.54) is 0 Å². The third-order valence-electron chi connectivity index (χ3n) is 3.24. The molecule has 1 aliphatic carbocycles. The SMILES string of the molecule is COC1CCN(C(=O)C2CC2N)CC1. The van der Waals surface area contributed by atoms with Crippen LogP contribution in [0.2, 0.25) is 0 Å². The first-order valence-corrected chi connectivity index (χ1v) is 5.29. The Balaban J connectivity index is 1.80. The fourth-order valence-corrected chi connectivity index (χ4v) is 2.04. The molecule has 4 nitrogen and oxygen atoms in total. The van der Waals surface area contributed by atoms with Gasteiger partial charge in [-0.1, -0.05) is 0 Å². The molecule has 0 bridgehead atoms. The van der Waals surface area contributed by atoms with Crippen LogP contribution in [0.15, 0.2) is 0 Å². The summed E-state index contributed by atoms with van der Waals surface area (Å²) in [4.78, 5) is 13.7. The van der Waals surface area contributed by atoms with Gasteiger partial charge in [0.25, 0.3) is 0 Å². The Labute approximate surface area is 84.4 Å². The second kappa shape index (κ2) is 3.87. The summed E-state index contributed by atoms with van der Waals surface area (Å²) in [5.74, 6) is 0.376. The number of amides is 1. The van der Waals surface area contributed by atoms with Crippen LogP contribution >= 0.6 is 0 Å². The highest BCUT2D eigenvalue weighted by Gasteiger charge is 2.42. The second-order valence-corrected chi connectivity index (χ2v) is 4.27. The maximum atomic E-state index is 11.8. The summed E-state index contributed by atoms with van der Waals surface area (Å²) in [6, 6.07) is 0.127. The van der Waals surface area contributed by atoms with Gasteiger partial charge in [0.1, 0.15) is 0 Å². The van der Waals surface area contributed by atoms with Gasteiger partial charge in [0.2, 0.25) is 5.91 Å². The van der Waals surface area contributed by atoms with E-state index in [4.69, 9.17) is 10.5 Å². The molecule has 0 aromatic carbocycles. The number of carbonyl (C=O) groups is 1. The minimum Gasteiger partial charge on any atom is -0.381 e. The number of methoxy groups -OCH3 is 1. The number of carbonyl (C=O) groups excluding carboxylic acids is 1. The summed E-state index contributed by atoms with van der Waals surface area (Å²) >= 11 is 0. The van der Waals surface area contributed by atoms with Crippen molar-refractivity contribution in [1.82, 2.24) is 4.90 Å². The molecule has 0 spiro atoms. The topological polar surface area (TPSA) is 55.6 Å². The van der Waals surface area contributed by atoms with E-state index in [-0.39, 0.29) is 17.9 Å². The lowest BCUT2D eigenvalue weighted by molar-refractivity contribution is -0.134. The summed E-state index contributed by atoms with van der Waals surface area (Å²) in [5, 5.41) is 0. The molecule has 2 fully saturated rings. The number of hydrogen-bond donors (Lipinski definition) is 1. The van der Waals surface area contributed by atoms with Gasteiger partial charge in [0, 0.05) is 26.2 Å². The van der Waals surface area contributed by atoms with Crippen molar-refractivity contribution in [1.29, 1.82) is 0 Å². The third kappa shape index (κ3) is 1.91.